The number of aromatic nitrogens is 1. The Balaban J connectivity index is 2.22. The average Bonchev–Trinajstić information content (AvgIpc) is 2.54. The zero-order valence-electron chi connectivity index (χ0n) is 12.7. The monoisotopic (exact) mass is 318 g/mol. The topological polar surface area (TPSA) is 63.3 Å². The summed E-state index contributed by atoms with van der Waals surface area (Å²) in [7, 11) is 3.18. The standard InChI is InChI=1S/C16H18N2O3S/c1-10(12-7-6-11(20-2)9-14(12)21-3)18-15(19)13-5-4-8-17-16(13)22/h4-10H,1-3H3,(H,17,22)(H,18,19). The maximum absolute atomic E-state index is 12.3. The van der Waals surface area contributed by atoms with Crippen molar-refractivity contribution >= 4 is 18.1 Å². The molecule has 1 aromatic heterocycles. The van der Waals surface area contributed by atoms with Crippen molar-refractivity contribution in [2.45, 2.75) is 13.0 Å². The smallest absolute Gasteiger partial charge is 0.254 e. The summed E-state index contributed by atoms with van der Waals surface area (Å²) in [6.07, 6.45) is 1.69. The number of amides is 1. The summed E-state index contributed by atoms with van der Waals surface area (Å²) in [4.78, 5) is 15.2. The third-order valence-corrected chi connectivity index (χ3v) is 3.66. The van der Waals surface area contributed by atoms with Crippen LogP contribution < -0.4 is 14.8 Å². The number of H-pyrrole nitrogens is 1. The van der Waals surface area contributed by atoms with Crippen molar-refractivity contribution < 1.29 is 14.3 Å². The first-order chi connectivity index (χ1) is 10.6. The zero-order valence-corrected chi connectivity index (χ0v) is 13.5. The Morgan fingerprint density at radius 3 is 2.68 bits per heavy atom. The van der Waals surface area contributed by atoms with Crippen molar-refractivity contribution in [2.75, 3.05) is 14.2 Å². The summed E-state index contributed by atoms with van der Waals surface area (Å²) in [6.45, 7) is 1.89. The van der Waals surface area contributed by atoms with Crippen LogP contribution in [0.2, 0.25) is 0 Å². The highest BCUT2D eigenvalue weighted by Gasteiger charge is 2.16. The summed E-state index contributed by atoms with van der Waals surface area (Å²) >= 11 is 5.12. The molecule has 0 aliphatic carbocycles. The van der Waals surface area contributed by atoms with Crippen LogP contribution in [0.4, 0.5) is 0 Å². The molecule has 116 valence electrons. The van der Waals surface area contributed by atoms with Crippen LogP contribution >= 0.6 is 12.2 Å². The number of rotatable bonds is 5. The Morgan fingerprint density at radius 2 is 2.05 bits per heavy atom. The fraction of sp³-hybridized carbons (Fsp3) is 0.250. The number of aromatic amines is 1. The van der Waals surface area contributed by atoms with E-state index in [1.165, 1.54) is 0 Å². The van der Waals surface area contributed by atoms with Crippen molar-refractivity contribution in [3.8, 4) is 11.5 Å². The van der Waals surface area contributed by atoms with Crippen molar-refractivity contribution in [3.63, 3.8) is 0 Å². The maximum Gasteiger partial charge on any atom is 0.254 e. The lowest BCUT2D eigenvalue weighted by Gasteiger charge is -2.18. The predicted molar refractivity (Wildman–Crippen MR) is 87.1 cm³/mol. The van der Waals surface area contributed by atoms with Gasteiger partial charge in [-0.3, -0.25) is 4.79 Å². The summed E-state index contributed by atoms with van der Waals surface area (Å²) in [5.41, 5.74) is 1.30. The molecule has 1 heterocycles. The Bertz CT molecular complexity index is 727. The van der Waals surface area contributed by atoms with Gasteiger partial charge in [-0.05, 0) is 31.2 Å². The van der Waals surface area contributed by atoms with E-state index in [1.54, 1.807) is 38.6 Å². The van der Waals surface area contributed by atoms with E-state index in [2.05, 4.69) is 10.3 Å². The second kappa shape index (κ2) is 7.09. The van der Waals surface area contributed by atoms with Gasteiger partial charge in [0.1, 0.15) is 16.1 Å². The van der Waals surface area contributed by atoms with Crippen LogP contribution in [0.1, 0.15) is 28.9 Å². The number of methoxy groups -OCH3 is 2. The Labute approximate surface area is 134 Å². The first-order valence-electron chi connectivity index (χ1n) is 6.77. The SMILES string of the molecule is COc1ccc(C(C)NC(=O)c2ccc[nH]c2=S)c(OC)c1. The Morgan fingerprint density at radius 1 is 1.27 bits per heavy atom. The van der Waals surface area contributed by atoms with Crippen LogP contribution in [-0.2, 0) is 0 Å². The number of ether oxygens (including phenoxy) is 2. The summed E-state index contributed by atoms with van der Waals surface area (Å²) in [5.74, 6) is 1.13. The van der Waals surface area contributed by atoms with E-state index >= 15 is 0 Å². The lowest BCUT2D eigenvalue weighted by molar-refractivity contribution is 0.0938. The summed E-state index contributed by atoms with van der Waals surface area (Å²) < 4.78 is 10.9. The third-order valence-electron chi connectivity index (χ3n) is 3.32. The molecule has 0 fully saturated rings. The normalized spacial score (nSPS) is 11.6. The van der Waals surface area contributed by atoms with Crippen LogP contribution in [0.5, 0.6) is 11.5 Å². The van der Waals surface area contributed by atoms with Gasteiger partial charge in [-0.2, -0.15) is 0 Å². The highest BCUT2D eigenvalue weighted by Crippen LogP contribution is 2.29. The minimum absolute atomic E-state index is 0.229. The molecule has 2 N–H and O–H groups in total. The van der Waals surface area contributed by atoms with E-state index in [0.29, 0.717) is 21.7 Å². The van der Waals surface area contributed by atoms with E-state index in [1.807, 2.05) is 19.1 Å². The first kappa shape index (κ1) is 16.0. The minimum Gasteiger partial charge on any atom is -0.497 e. The molecular weight excluding hydrogens is 300 g/mol. The Hall–Kier alpha value is -2.34. The summed E-state index contributed by atoms with van der Waals surface area (Å²) in [5, 5.41) is 2.92. The number of hydrogen-bond donors (Lipinski definition) is 2. The van der Waals surface area contributed by atoms with Crippen LogP contribution in [0.15, 0.2) is 36.5 Å². The van der Waals surface area contributed by atoms with Gasteiger partial charge in [-0.25, -0.2) is 0 Å². The lowest BCUT2D eigenvalue weighted by Crippen LogP contribution is -2.27. The number of nitrogens with one attached hydrogen (secondary N) is 2. The molecule has 0 aliphatic rings. The molecule has 2 rings (SSSR count). The van der Waals surface area contributed by atoms with E-state index in [-0.39, 0.29) is 11.9 Å². The van der Waals surface area contributed by atoms with Gasteiger partial charge in [0.25, 0.3) is 5.91 Å². The molecule has 0 spiro atoms. The molecule has 0 saturated carbocycles. The number of benzene rings is 1. The van der Waals surface area contributed by atoms with Gasteiger partial charge in [0.05, 0.1) is 25.8 Å². The molecular formula is C16H18N2O3S. The molecule has 6 heteroatoms. The molecule has 22 heavy (non-hydrogen) atoms. The average molecular weight is 318 g/mol. The van der Waals surface area contributed by atoms with Crippen LogP contribution in [0.25, 0.3) is 0 Å². The van der Waals surface area contributed by atoms with E-state index in [0.717, 1.165) is 5.56 Å². The second-order valence-electron chi connectivity index (χ2n) is 4.72. The number of carbonyl (C=O) groups is 1. The molecule has 2 aromatic rings. The first-order valence-corrected chi connectivity index (χ1v) is 7.18. The van der Waals surface area contributed by atoms with Crippen molar-refractivity contribution in [1.29, 1.82) is 0 Å². The molecule has 1 aromatic carbocycles. The molecule has 1 atom stereocenters. The molecule has 1 amide bonds. The van der Waals surface area contributed by atoms with Gasteiger partial charge in [-0.15, -0.1) is 0 Å². The molecule has 0 radical (unpaired) electrons. The largest absolute Gasteiger partial charge is 0.497 e. The number of carbonyl (C=O) groups excluding carboxylic acids is 1. The lowest BCUT2D eigenvalue weighted by atomic mass is 10.1. The van der Waals surface area contributed by atoms with E-state index in [9.17, 15) is 4.79 Å². The summed E-state index contributed by atoms with van der Waals surface area (Å²) in [6, 6.07) is 8.68. The number of hydrogen-bond acceptors (Lipinski definition) is 4. The van der Waals surface area contributed by atoms with Crippen LogP contribution in [0, 0.1) is 4.64 Å². The van der Waals surface area contributed by atoms with Crippen LogP contribution in [0.3, 0.4) is 0 Å². The van der Waals surface area contributed by atoms with Crippen molar-refractivity contribution in [3.05, 3.63) is 52.3 Å². The minimum atomic E-state index is -0.233. The van der Waals surface area contributed by atoms with E-state index in [4.69, 9.17) is 21.7 Å². The highest BCUT2D eigenvalue weighted by atomic mass is 32.1. The molecule has 5 nitrogen and oxygen atoms in total. The quantitative estimate of drug-likeness (QED) is 0.831. The van der Waals surface area contributed by atoms with Crippen molar-refractivity contribution in [2.24, 2.45) is 0 Å². The second-order valence-corrected chi connectivity index (χ2v) is 5.12. The van der Waals surface area contributed by atoms with Gasteiger partial charge < -0.3 is 19.8 Å². The molecule has 0 saturated heterocycles. The van der Waals surface area contributed by atoms with Gasteiger partial charge in [0.2, 0.25) is 0 Å². The van der Waals surface area contributed by atoms with E-state index < -0.39 is 0 Å². The van der Waals surface area contributed by atoms with Gasteiger partial charge in [0, 0.05) is 17.8 Å². The zero-order chi connectivity index (χ0) is 16.1. The molecule has 0 bridgehead atoms. The maximum atomic E-state index is 12.3. The van der Waals surface area contributed by atoms with Gasteiger partial charge in [-0.1, -0.05) is 12.2 Å². The van der Waals surface area contributed by atoms with Gasteiger partial charge in [0.15, 0.2) is 0 Å². The Kier molecular flexibility index (Phi) is 5.16. The fourth-order valence-corrected chi connectivity index (χ4v) is 2.36. The third kappa shape index (κ3) is 3.46. The molecule has 1 unspecified atom stereocenters. The predicted octanol–water partition coefficient (Wildman–Crippen LogP) is 3.25. The van der Waals surface area contributed by atoms with Crippen molar-refractivity contribution in [1.82, 2.24) is 10.3 Å². The van der Waals surface area contributed by atoms with Gasteiger partial charge >= 0.3 is 0 Å². The van der Waals surface area contributed by atoms with Crippen LogP contribution in [-0.4, -0.2) is 25.1 Å². The number of pyridine rings is 1. The fourth-order valence-electron chi connectivity index (χ4n) is 2.13. The molecule has 0 aliphatic heterocycles. The highest BCUT2D eigenvalue weighted by molar-refractivity contribution is 7.71.